The highest BCUT2D eigenvalue weighted by molar-refractivity contribution is 6.42. The molecule has 1 saturated heterocycles. The van der Waals surface area contributed by atoms with Crippen LogP contribution in [0.2, 0.25) is 10.0 Å². The molecule has 1 aliphatic heterocycles. The first-order chi connectivity index (χ1) is 11.6. The van der Waals surface area contributed by atoms with Crippen LogP contribution in [0.4, 0.5) is 5.82 Å². The normalized spacial score (nSPS) is 16.9. The lowest BCUT2D eigenvalue weighted by Gasteiger charge is -2.24. The van der Waals surface area contributed by atoms with Gasteiger partial charge in [0.1, 0.15) is 11.9 Å². The number of hydrogen-bond acceptors (Lipinski definition) is 3. The molecule has 124 valence electrons. The first-order valence-corrected chi connectivity index (χ1v) is 8.30. The van der Waals surface area contributed by atoms with E-state index in [9.17, 15) is 9.59 Å². The lowest BCUT2D eigenvalue weighted by atomic mass is 10.1. The molecule has 1 aliphatic rings. The van der Waals surface area contributed by atoms with Crippen LogP contribution in [0.15, 0.2) is 42.6 Å². The summed E-state index contributed by atoms with van der Waals surface area (Å²) < 4.78 is 0. The molecule has 0 bridgehead atoms. The number of hydrogen-bond donors (Lipinski definition) is 1. The summed E-state index contributed by atoms with van der Waals surface area (Å²) in [6.45, 7) is 0.527. The number of anilines is 1. The SMILES string of the molecule is O=C(Nc1ccccn1)[C@@H]1CCCN1C(=O)c1ccc(Cl)c(Cl)c1. The summed E-state index contributed by atoms with van der Waals surface area (Å²) in [4.78, 5) is 30.8. The van der Waals surface area contributed by atoms with Gasteiger partial charge < -0.3 is 10.2 Å². The van der Waals surface area contributed by atoms with E-state index in [2.05, 4.69) is 10.3 Å². The molecule has 3 rings (SSSR count). The maximum atomic E-state index is 12.7. The van der Waals surface area contributed by atoms with Crippen LogP contribution in [-0.4, -0.2) is 34.3 Å². The number of likely N-dealkylation sites (tertiary alicyclic amines) is 1. The van der Waals surface area contributed by atoms with Gasteiger partial charge in [-0.05, 0) is 43.2 Å². The van der Waals surface area contributed by atoms with Crippen molar-refractivity contribution in [2.45, 2.75) is 18.9 Å². The van der Waals surface area contributed by atoms with E-state index in [0.29, 0.717) is 34.4 Å². The quantitative estimate of drug-likeness (QED) is 0.905. The molecule has 2 heterocycles. The molecule has 1 fully saturated rings. The molecule has 0 radical (unpaired) electrons. The predicted octanol–water partition coefficient (Wildman–Crippen LogP) is 3.63. The molecule has 24 heavy (non-hydrogen) atoms. The molecule has 1 aromatic carbocycles. The van der Waals surface area contributed by atoms with E-state index in [1.54, 1.807) is 41.4 Å². The smallest absolute Gasteiger partial charge is 0.254 e. The van der Waals surface area contributed by atoms with E-state index in [4.69, 9.17) is 23.2 Å². The summed E-state index contributed by atoms with van der Waals surface area (Å²) >= 11 is 11.9. The van der Waals surface area contributed by atoms with Crippen LogP contribution in [-0.2, 0) is 4.79 Å². The molecule has 2 aromatic rings. The second-order valence-electron chi connectivity index (χ2n) is 5.49. The highest BCUT2D eigenvalue weighted by atomic mass is 35.5. The van der Waals surface area contributed by atoms with E-state index in [1.807, 2.05) is 0 Å². The number of pyridine rings is 1. The number of aromatic nitrogens is 1. The van der Waals surface area contributed by atoms with Crippen molar-refractivity contribution in [1.82, 2.24) is 9.88 Å². The Morgan fingerprint density at radius 3 is 2.71 bits per heavy atom. The Morgan fingerprint density at radius 2 is 2.00 bits per heavy atom. The van der Waals surface area contributed by atoms with Crippen molar-refractivity contribution in [3.63, 3.8) is 0 Å². The van der Waals surface area contributed by atoms with E-state index >= 15 is 0 Å². The third-order valence-corrected chi connectivity index (χ3v) is 4.64. The van der Waals surface area contributed by atoms with Crippen molar-refractivity contribution in [2.75, 3.05) is 11.9 Å². The predicted molar refractivity (Wildman–Crippen MR) is 93.4 cm³/mol. The van der Waals surface area contributed by atoms with Gasteiger partial charge in [0.05, 0.1) is 10.0 Å². The Hall–Kier alpha value is -2.11. The fraction of sp³-hybridized carbons (Fsp3) is 0.235. The van der Waals surface area contributed by atoms with Gasteiger partial charge in [0, 0.05) is 18.3 Å². The van der Waals surface area contributed by atoms with Gasteiger partial charge in [-0.1, -0.05) is 29.3 Å². The second-order valence-corrected chi connectivity index (χ2v) is 6.30. The average molecular weight is 364 g/mol. The van der Waals surface area contributed by atoms with E-state index in [1.165, 1.54) is 6.07 Å². The number of nitrogens with zero attached hydrogens (tertiary/aromatic N) is 2. The van der Waals surface area contributed by atoms with Crippen LogP contribution in [0, 0.1) is 0 Å². The molecule has 5 nitrogen and oxygen atoms in total. The zero-order valence-corrected chi connectivity index (χ0v) is 14.2. The Balaban J connectivity index is 1.76. The number of benzene rings is 1. The molecule has 7 heteroatoms. The van der Waals surface area contributed by atoms with Crippen LogP contribution in [0.3, 0.4) is 0 Å². The van der Waals surface area contributed by atoms with Gasteiger partial charge in [0.25, 0.3) is 5.91 Å². The minimum absolute atomic E-state index is 0.229. The number of carbonyl (C=O) groups excluding carboxylic acids is 2. The minimum Gasteiger partial charge on any atom is -0.327 e. The molecule has 0 spiro atoms. The highest BCUT2D eigenvalue weighted by Gasteiger charge is 2.34. The molecule has 0 saturated carbocycles. The van der Waals surface area contributed by atoms with Crippen LogP contribution >= 0.6 is 23.2 Å². The molecule has 0 aliphatic carbocycles. The molecule has 1 aromatic heterocycles. The highest BCUT2D eigenvalue weighted by Crippen LogP contribution is 2.26. The van der Waals surface area contributed by atoms with Crippen LogP contribution < -0.4 is 5.32 Å². The summed E-state index contributed by atoms with van der Waals surface area (Å²) in [5.74, 6) is 0.00295. The standard InChI is InChI=1S/C17H15Cl2N3O2/c18-12-7-6-11(10-13(12)19)17(24)22-9-3-4-14(22)16(23)21-15-5-1-2-8-20-15/h1-2,5-8,10,14H,3-4,9H2,(H,20,21,23)/t14-/m0/s1. The molecular weight excluding hydrogens is 349 g/mol. The number of carbonyl (C=O) groups is 2. The van der Waals surface area contributed by atoms with E-state index < -0.39 is 6.04 Å². The van der Waals surface area contributed by atoms with Gasteiger partial charge in [-0.2, -0.15) is 0 Å². The minimum atomic E-state index is -0.519. The van der Waals surface area contributed by atoms with Crippen molar-refractivity contribution >= 4 is 40.8 Å². The Bertz CT molecular complexity index is 768. The summed E-state index contributed by atoms with van der Waals surface area (Å²) in [5.41, 5.74) is 0.418. The number of nitrogens with one attached hydrogen (secondary N) is 1. The van der Waals surface area contributed by atoms with Crippen molar-refractivity contribution in [2.24, 2.45) is 0 Å². The Morgan fingerprint density at radius 1 is 1.17 bits per heavy atom. The zero-order valence-electron chi connectivity index (χ0n) is 12.7. The molecule has 1 atom stereocenters. The topological polar surface area (TPSA) is 62.3 Å². The maximum Gasteiger partial charge on any atom is 0.254 e. The molecular formula is C17H15Cl2N3O2. The summed E-state index contributed by atoms with van der Waals surface area (Å²) in [5, 5.41) is 3.45. The third-order valence-electron chi connectivity index (χ3n) is 3.90. The fourth-order valence-electron chi connectivity index (χ4n) is 2.72. The average Bonchev–Trinajstić information content (AvgIpc) is 3.07. The lowest BCUT2D eigenvalue weighted by Crippen LogP contribution is -2.43. The number of rotatable bonds is 3. The number of amides is 2. The Kier molecular flexibility index (Phi) is 5.02. The van der Waals surface area contributed by atoms with Gasteiger partial charge >= 0.3 is 0 Å². The molecule has 1 N–H and O–H groups in total. The van der Waals surface area contributed by atoms with Gasteiger partial charge in [0.15, 0.2) is 0 Å². The third kappa shape index (κ3) is 3.52. The summed E-state index contributed by atoms with van der Waals surface area (Å²) in [6, 6.07) is 9.46. The van der Waals surface area contributed by atoms with Gasteiger partial charge in [-0.15, -0.1) is 0 Å². The van der Waals surface area contributed by atoms with Crippen LogP contribution in [0.1, 0.15) is 23.2 Å². The van der Waals surface area contributed by atoms with Gasteiger partial charge in [-0.3, -0.25) is 9.59 Å². The van der Waals surface area contributed by atoms with Gasteiger partial charge in [0.2, 0.25) is 5.91 Å². The second kappa shape index (κ2) is 7.20. The largest absolute Gasteiger partial charge is 0.327 e. The monoisotopic (exact) mass is 363 g/mol. The summed E-state index contributed by atoms with van der Waals surface area (Å²) in [6.07, 6.45) is 2.99. The van der Waals surface area contributed by atoms with Crippen molar-refractivity contribution in [1.29, 1.82) is 0 Å². The lowest BCUT2D eigenvalue weighted by molar-refractivity contribution is -0.119. The number of halogens is 2. The van der Waals surface area contributed by atoms with Crippen molar-refractivity contribution in [3.05, 3.63) is 58.2 Å². The van der Waals surface area contributed by atoms with E-state index in [0.717, 1.165) is 6.42 Å². The molecule has 0 unspecified atom stereocenters. The molecule has 2 amide bonds. The zero-order chi connectivity index (χ0) is 17.1. The first-order valence-electron chi connectivity index (χ1n) is 7.54. The first kappa shape index (κ1) is 16.7. The maximum absolute atomic E-state index is 12.7. The fourth-order valence-corrected chi connectivity index (χ4v) is 3.02. The summed E-state index contributed by atoms with van der Waals surface area (Å²) in [7, 11) is 0. The van der Waals surface area contributed by atoms with Crippen molar-refractivity contribution < 1.29 is 9.59 Å². The van der Waals surface area contributed by atoms with E-state index in [-0.39, 0.29) is 11.8 Å². The van der Waals surface area contributed by atoms with Crippen LogP contribution in [0.5, 0.6) is 0 Å². The van der Waals surface area contributed by atoms with Gasteiger partial charge in [-0.25, -0.2) is 4.98 Å². The van der Waals surface area contributed by atoms with Crippen LogP contribution in [0.25, 0.3) is 0 Å². The Labute approximate surface area is 149 Å². The van der Waals surface area contributed by atoms with Crippen molar-refractivity contribution in [3.8, 4) is 0 Å².